The second kappa shape index (κ2) is 7.31. The van der Waals surface area contributed by atoms with E-state index in [1.807, 2.05) is 0 Å². The molecule has 0 aromatic heterocycles. The Bertz CT molecular complexity index is 282. The van der Waals surface area contributed by atoms with Crippen molar-refractivity contribution in [3.8, 4) is 0 Å². The van der Waals surface area contributed by atoms with Gasteiger partial charge < -0.3 is 5.32 Å². The number of nitrogens with zero attached hydrogens (tertiary/aromatic N) is 1. The Morgan fingerprint density at radius 3 is 1.94 bits per heavy atom. The summed E-state index contributed by atoms with van der Waals surface area (Å²) in [6.45, 7) is 3.88. The van der Waals surface area contributed by atoms with Gasteiger partial charge in [0.1, 0.15) is 9.84 Å². The molecule has 2 heterocycles. The third-order valence-electron chi connectivity index (χ3n) is 3.29. The van der Waals surface area contributed by atoms with E-state index >= 15 is 0 Å². The lowest BCUT2D eigenvalue weighted by Crippen LogP contribution is -2.42. The number of nitrogens with one attached hydrogen (secondary N) is 1. The SMILES string of the molecule is C1CCNCC1.CS(=O)(=O)C1CCN(N)CC1. The molecule has 0 aromatic rings. The number of hydrazine groups is 1. The summed E-state index contributed by atoms with van der Waals surface area (Å²) in [6.07, 6.45) is 6.86. The van der Waals surface area contributed by atoms with Gasteiger partial charge in [-0.05, 0) is 38.8 Å². The smallest absolute Gasteiger partial charge is 0.150 e. The van der Waals surface area contributed by atoms with Crippen LogP contribution >= 0.6 is 0 Å². The summed E-state index contributed by atoms with van der Waals surface area (Å²) in [5.74, 6) is 5.48. The van der Waals surface area contributed by atoms with E-state index in [2.05, 4.69) is 5.32 Å². The van der Waals surface area contributed by atoms with Crippen molar-refractivity contribution in [3.63, 3.8) is 0 Å². The Labute approximate surface area is 105 Å². The van der Waals surface area contributed by atoms with Crippen LogP contribution in [0.5, 0.6) is 0 Å². The van der Waals surface area contributed by atoms with E-state index in [-0.39, 0.29) is 5.25 Å². The van der Waals surface area contributed by atoms with E-state index in [0.29, 0.717) is 25.9 Å². The van der Waals surface area contributed by atoms with E-state index < -0.39 is 9.84 Å². The molecule has 0 unspecified atom stereocenters. The number of sulfone groups is 1. The molecule has 2 aliphatic rings. The van der Waals surface area contributed by atoms with Crippen LogP contribution in [0.4, 0.5) is 0 Å². The first-order chi connectivity index (χ1) is 8.00. The molecule has 2 saturated heterocycles. The standard InChI is InChI=1S/C6H14N2O2S.C5H11N/c1-11(9,10)6-2-4-8(7)5-3-6;1-2-4-6-5-3-1/h6H,2-5,7H2,1H3;6H,1-5H2. The van der Waals surface area contributed by atoms with Gasteiger partial charge in [0.2, 0.25) is 0 Å². The summed E-state index contributed by atoms with van der Waals surface area (Å²) in [6, 6.07) is 0. The van der Waals surface area contributed by atoms with Crippen LogP contribution in [-0.2, 0) is 9.84 Å². The highest BCUT2D eigenvalue weighted by atomic mass is 32.2. The zero-order valence-corrected chi connectivity index (χ0v) is 11.5. The van der Waals surface area contributed by atoms with Crippen molar-refractivity contribution in [2.75, 3.05) is 32.4 Å². The molecule has 6 heteroatoms. The maximum atomic E-state index is 11.0. The molecule has 0 aromatic carbocycles. The first-order valence-electron chi connectivity index (χ1n) is 6.39. The fourth-order valence-electron chi connectivity index (χ4n) is 2.11. The molecule has 0 aliphatic carbocycles. The van der Waals surface area contributed by atoms with Crippen LogP contribution < -0.4 is 11.2 Å². The van der Waals surface area contributed by atoms with E-state index in [9.17, 15) is 8.42 Å². The van der Waals surface area contributed by atoms with Gasteiger partial charge in [-0.3, -0.25) is 5.84 Å². The minimum Gasteiger partial charge on any atom is -0.317 e. The highest BCUT2D eigenvalue weighted by Crippen LogP contribution is 2.14. The number of rotatable bonds is 1. The highest BCUT2D eigenvalue weighted by molar-refractivity contribution is 7.91. The molecule has 2 aliphatic heterocycles. The number of hydrogen-bond acceptors (Lipinski definition) is 5. The van der Waals surface area contributed by atoms with Crippen LogP contribution in [0.3, 0.4) is 0 Å². The summed E-state index contributed by atoms with van der Waals surface area (Å²) in [4.78, 5) is 0. The Morgan fingerprint density at radius 2 is 1.65 bits per heavy atom. The molecule has 0 bridgehead atoms. The van der Waals surface area contributed by atoms with Crippen LogP contribution in [-0.4, -0.2) is 51.1 Å². The van der Waals surface area contributed by atoms with Crippen molar-refractivity contribution < 1.29 is 8.42 Å². The lowest BCUT2D eigenvalue weighted by Gasteiger charge is -2.26. The average molecular weight is 263 g/mol. The molecular formula is C11H25N3O2S. The molecule has 17 heavy (non-hydrogen) atoms. The van der Waals surface area contributed by atoms with Gasteiger partial charge in [-0.1, -0.05) is 6.42 Å². The predicted octanol–water partition coefficient (Wildman–Crippen LogP) is 0.129. The number of hydrogen-bond donors (Lipinski definition) is 2. The summed E-state index contributed by atoms with van der Waals surface area (Å²) in [5.41, 5.74) is 0. The molecular weight excluding hydrogens is 238 g/mol. The quantitative estimate of drug-likeness (QED) is 0.658. The third-order valence-corrected chi connectivity index (χ3v) is 4.97. The second-order valence-electron chi connectivity index (χ2n) is 4.88. The van der Waals surface area contributed by atoms with Gasteiger partial charge in [0, 0.05) is 19.3 Å². The Kier molecular flexibility index (Phi) is 6.40. The van der Waals surface area contributed by atoms with Gasteiger partial charge in [-0.25, -0.2) is 13.4 Å². The summed E-state index contributed by atoms with van der Waals surface area (Å²) in [5, 5.41) is 4.79. The molecule has 102 valence electrons. The fourth-order valence-corrected chi connectivity index (χ4v) is 3.17. The normalized spacial score (nSPS) is 23.9. The fraction of sp³-hybridized carbons (Fsp3) is 1.00. The number of piperidine rings is 2. The van der Waals surface area contributed by atoms with Crippen molar-refractivity contribution in [1.82, 2.24) is 10.3 Å². The second-order valence-corrected chi connectivity index (χ2v) is 7.20. The average Bonchev–Trinajstić information content (AvgIpc) is 2.31. The summed E-state index contributed by atoms with van der Waals surface area (Å²) >= 11 is 0. The van der Waals surface area contributed by atoms with Gasteiger partial charge >= 0.3 is 0 Å². The maximum absolute atomic E-state index is 11.0. The molecule has 0 atom stereocenters. The van der Waals surface area contributed by atoms with Crippen molar-refractivity contribution in [3.05, 3.63) is 0 Å². The number of nitrogens with two attached hydrogens (primary N) is 1. The zero-order valence-electron chi connectivity index (χ0n) is 10.7. The largest absolute Gasteiger partial charge is 0.317 e. The molecule has 0 spiro atoms. The van der Waals surface area contributed by atoms with E-state index in [1.165, 1.54) is 38.6 Å². The van der Waals surface area contributed by atoms with Gasteiger partial charge in [0.05, 0.1) is 5.25 Å². The predicted molar refractivity (Wildman–Crippen MR) is 70.3 cm³/mol. The summed E-state index contributed by atoms with van der Waals surface area (Å²) in [7, 11) is -2.83. The van der Waals surface area contributed by atoms with Crippen molar-refractivity contribution in [2.45, 2.75) is 37.4 Å². The van der Waals surface area contributed by atoms with Crippen LogP contribution in [0.25, 0.3) is 0 Å². The van der Waals surface area contributed by atoms with Crippen LogP contribution in [0.15, 0.2) is 0 Å². The molecule has 0 radical (unpaired) electrons. The molecule has 0 saturated carbocycles. The van der Waals surface area contributed by atoms with Crippen molar-refractivity contribution >= 4 is 9.84 Å². The lowest BCUT2D eigenvalue weighted by atomic mass is 10.1. The molecule has 0 amide bonds. The van der Waals surface area contributed by atoms with E-state index in [0.717, 1.165) is 0 Å². The first kappa shape index (κ1) is 14.9. The molecule has 2 fully saturated rings. The zero-order chi connectivity index (χ0) is 12.7. The van der Waals surface area contributed by atoms with E-state index in [1.54, 1.807) is 5.01 Å². The van der Waals surface area contributed by atoms with Crippen LogP contribution in [0.1, 0.15) is 32.1 Å². The minimum absolute atomic E-state index is 0.165. The van der Waals surface area contributed by atoms with Gasteiger partial charge in [0.25, 0.3) is 0 Å². The van der Waals surface area contributed by atoms with Crippen LogP contribution in [0, 0.1) is 0 Å². The van der Waals surface area contributed by atoms with Gasteiger partial charge in [0.15, 0.2) is 0 Å². The minimum atomic E-state index is -2.83. The Hall–Kier alpha value is -0.170. The molecule has 2 rings (SSSR count). The van der Waals surface area contributed by atoms with E-state index in [4.69, 9.17) is 5.84 Å². The lowest BCUT2D eigenvalue weighted by molar-refractivity contribution is 0.236. The van der Waals surface area contributed by atoms with Crippen molar-refractivity contribution in [1.29, 1.82) is 0 Å². The topological polar surface area (TPSA) is 75.4 Å². The molecule has 5 nitrogen and oxygen atoms in total. The summed E-state index contributed by atoms with van der Waals surface area (Å²) < 4.78 is 22.1. The first-order valence-corrected chi connectivity index (χ1v) is 8.35. The maximum Gasteiger partial charge on any atom is 0.150 e. The van der Waals surface area contributed by atoms with Gasteiger partial charge in [-0.2, -0.15) is 0 Å². The monoisotopic (exact) mass is 263 g/mol. The van der Waals surface area contributed by atoms with Gasteiger partial charge in [-0.15, -0.1) is 0 Å². The van der Waals surface area contributed by atoms with Crippen LogP contribution in [0.2, 0.25) is 0 Å². The third kappa shape index (κ3) is 6.35. The Morgan fingerprint density at radius 1 is 1.12 bits per heavy atom. The Balaban J connectivity index is 0.000000202. The highest BCUT2D eigenvalue weighted by Gasteiger charge is 2.24. The molecule has 3 N–H and O–H groups in total. The van der Waals surface area contributed by atoms with Crippen molar-refractivity contribution in [2.24, 2.45) is 5.84 Å².